The molecule has 0 spiro atoms. The fourth-order valence-corrected chi connectivity index (χ4v) is 3.43. The van der Waals surface area contributed by atoms with E-state index in [1.54, 1.807) is 7.11 Å². The van der Waals surface area contributed by atoms with Crippen LogP contribution in [-0.2, 0) is 16.0 Å². The van der Waals surface area contributed by atoms with E-state index in [-0.39, 0.29) is 5.78 Å². The Morgan fingerprint density at radius 3 is 2.81 bits per heavy atom. The molecule has 1 fully saturated rings. The summed E-state index contributed by atoms with van der Waals surface area (Å²) < 4.78 is 11.3. The Morgan fingerprint density at radius 2 is 2.14 bits per heavy atom. The van der Waals surface area contributed by atoms with Gasteiger partial charge in [-0.2, -0.15) is 0 Å². The zero-order valence-electron chi connectivity index (χ0n) is 13.4. The maximum atomic E-state index is 12.9. The third-order valence-corrected chi connectivity index (χ3v) is 4.43. The van der Waals surface area contributed by atoms with Gasteiger partial charge in [-0.3, -0.25) is 4.79 Å². The lowest BCUT2D eigenvalue weighted by Crippen LogP contribution is -2.46. The fraction of sp³-hybridized carbons (Fsp3) is 0.611. The Morgan fingerprint density at radius 1 is 1.38 bits per heavy atom. The third kappa shape index (κ3) is 3.65. The van der Waals surface area contributed by atoms with E-state index in [1.165, 1.54) is 6.42 Å². The van der Waals surface area contributed by atoms with E-state index in [9.17, 15) is 4.79 Å². The van der Waals surface area contributed by atoms with E-state index < -0.39 is 5.60 Å². The van der Waals surface area contributed by atoms with Crippen molar-refractivity contribution >= 4 is 5.78 Å². The summed E-state index contributed by atoms with van der Waals surface area (Å²) >= 11 is 0. The number of ketones is 1. The first-order valence-electron chi connectivity index (χ1n) is 7.90. The van der Waals surface area contributed by atoms with Gasteiger partial charge in [-0.25, -0.2) is 0 Å². The summed E-state index contributed by atoms with van der Waals surface area (Å²) in [5.41, 5.74) is 0.357. The predicted octanol–water partition coefficient (Wildman–Crippen LogP) is 3.79. The summed E-state index contributed by atoms with van der Waals surface area (Å²) in [7, 11) is 1.64. The van der Waals surface area contributed by atoms with Crippen LogP contribution in [0.25, 0.3) is 0 Å². The zero-order valence-corrected chi connectivity index (χ0v) is 13.4. The van der Waals surface area contributed by atoms with Crippen LogP contribution in [0.2, 0.25) is 0 Å². The van der Waals surface area contributed by atoms with E-state index in [2.05, 4.69) is 6.92 Å². The van der Waals surface area contributed by atoms with E-state index in [1.807, 2.05) is 31.2 Å². The first-order valence-corrected chi connectivity index (χ1v) is 7.90. The van der Waals surface area contributed by atoms with E-state index >= 15 is 0 Å². The van der Waals surface area contributed by atoms with Gasteiger partial charge in [0.15, 0.2) is 5.78 Å². The predicted molar refractivity (Wildman–Crippen MR) is 83.7 cm³/mol. The van der Waals surface area contributed by atoms with Crippen molar-refractivity contribution in [1.29, 1.82) is 0 Å². The molecule has 0 aliphatic heterocycles. The Labute approximate surface area is 127 Å². The molecule has 116 valence electrons. The minimum absolute atomic E-state index is 0.195. The molecule has 21 heavy (non-hydrogen) atoms. The molecule has 0 aromatic heterocycles. The standard InChI is InChI=1S/C18H26O3/c1-4-21-18(11-7-8-14(2)13-18)17(19)12-15-9-5-6-10-16(15)20-3/h5-6,9-10,14H,4,7-8,11-13H2,1-3H3. The van der Waals surface area contributed by atoms with Crippen LogP contribution in [0.4, 0.5) is 0 Å². The van der Waals surface area contributed by atoms with Crippen molar-refractivity contribution in [2.45, 2.75) is 51.6 Å². The Bertz CT molecular complexity index is 479. The van der Waals surface area contributed by atoms with Crippen LogP contribution in [0.3, 0.4) is 0 Å². The smallest absolute Gasteiger partial charge is 0.169 e. The van der Waals surface area contributed by atoms with Gasteiger partial charge in [0.25, 0.3) is 0 Å². The maximum Gasteiger partial charge on any atom is 0.169 e. The van der Waals surface area contributed by atoms with Crippen LogP contribution in [0.5, 0.6) is 5.75 Å². The van der Waals surface area contributed by atoms with Gasteiger partial charge in [-0.1, -0.05) is 31.5 Å². The average Bonchev–Trinajstić information content (AvgIpc) is 2.48. The molecule has 2 atom stereocenters. The van der Waals surface area contributed by atoms with Gasteiger partial charge in [0.2, 0.25) is 0 Å². The second-order valence-corrected chi connectivity index (χ2v) is 6.04. The van der Waals surface area contributed by atoms with Crippen molar-refractivity contribution in [3.05, 3.63) is 29.8 Å². The molecule has 1 aliphatic rings. The van der Waals surface area contributed by atoms with Gasteiger partial charge in [-0.05, 0) is 38.2 Å². The summed E-state index contributed by atoms with van der Waals surface area (Å²) in [5.74, 6) is 1.52. The van der Waals surface area contributed by atoms with Crippen molar-refractivity contribution in [3.8, 4) is 5.75 Å². The fourth-order valence-electron chi connectivity index (χ4n) is 3.43. The summed E-state index contributed by atoms with van der Waals surface area (Å²) in [6.45, 7) is 4.77. The molecule has 0 heterocycles. The molecule has 2 unspecified atom stereocenters. The van der Waals surface area contributed by atoms with Gasteiger partial charge in [0, 0.05) is 18.6 Å². The summed E-state index contributed by atoms with van der Waals surface area (Å²) in [6.07, 6.45) is 4.33. The van der Waals surface area contributed by atoms with Crippen molar-refractivity contribution in [1.82, 2.24) is 0 Å². The quantitative estimate of drug-likeness (QED) is 0.799. The zero-order chi connectivity index (χ0) is 15.3. The number of carbonyl (C=O) groups excluding carboxylic acids is 1. The second-order valence-electron chi connectivity index (χ2n) is 6.04. The first-order chi connectivity index (χ1) is 10.1. The monoisotopic (exact) mass is 290 g/mol. The van der Waals surface area contributed by atoms with Crippen molar-refractivity contribution < 1.29 is 14.3 Å². The largest absolute Gasteiger partial charge is 0.496 e. The van der Waals surface area contributed by atoms with Gasteiger partial charge in [0.05, 0.1) is 7.11 Å². The highest BCUT2D eigenvalue weighted by Crippen LogP contribution is 2.37. The lowest BCUT2D eigenvalue weighted by Gasteiger charge is -2.38. The number of para-hydroxylation sites is 1. The molecule has 0 radical (unpaired) electrons. The Kier molecular flexibility index (Phi) is 5.40. The number of hydrogen-bond donors (Lipinski definition) is 0. The minimum Gasteiger partial charge on any atom is -0.496 e. The molecule has 2 rings (SSSR count). The second kappa shape index (κ2) is 7.08. The summed E-state index contributed by atoms with van der Waals surface area (Å²) in [4.78, 5) is 12.9. The SMILES string of the molecule is CCOC1(C(=O)Cc2ccccc2OC)CCCC(C)C1. The Balaban J connectivity index is 2.19. The van der Waals surface area contributed by atoms with Crippen molar-refractivity contribution in [3.63, 3.8) is 0 Å². The topological polar surface area (TPSA) is 35.5 Å². The first kappa shape index (κ1) is 16.0. The number of benzene rings is 1. The number of ether oxygens (including phenoxy) is 2. The van der Waals surface area contributed by atoms with E-state index in [4.69, 9.17) is 9.47 Å². The van der Waals surface area contributed by atoms with Crippen LogP contribution < -0.4 is 4.74 Å². The molecule has 3 heteroatoms. The highest BCUT2D eigenvalue weighted by atomic mass is 16.5. The molecule has 1 saturated carbocycles. The van der Waals surface area contributed by atoms with Gasteiger partial charge >= 0.3 is 0 Å². The van der Waals surface area contributed by atoms with Crippen molar-refractivity contribution in [2.24, 2.45) is 5.92 Å². The molecule has 0 bridgehead atoms. The summed E-state index contributed by atoms with van der Waals surface area (Å²) in [5, 5.41) is 0. The van der Waals surface area contributed by atoms with Crippen LogP contribution in [0.1, 0.15) is 45.1 Å². The molecule has 1 aliphatic carbocycles. The number of methoxy groups -OCH3 is 1. The van der Waals surface area contributed by atoms with Crippen molar-refractivity contribution in [2.75, 3.05) is 13.7 Å². The highest BCUT2D eigenvalue weighted by molar-refractivity contribution is 5.89. The van der Waals surface area contributed by atoms with Crippen LogP contribution in [-0.4, -0.2) is 25.1 Å². The highest BCUT2D eigenvalue weighted by Gasteiger charge is 2.42. The normalized spacial score (nSPS) is 25.6. The molecule has 0 saturated heterocycles. The lowest BCUT2D eigenvalue weighted by molar-refractivity contribution is -0.150. The number of hydrogen-bond acceptors (Lipinski definition) is 3. The number of carbonyl (C=O) groups is 1. The maximum absolute atomic E-state index is 12.9. The van der Waals surface area contributed by atoms with Gasteiger partial charge in [-0.15, -0.1) is 0 Å². The Hall–Kier alpha value is -1.35. The molecule has 3 nitrogen and oxygen atoms in total. The number of rotatable bonds is 6. The van der Waals surface area contributed by atoms with Crippen LogP contribution in [0.15, 0.2) is 24.3 Å². The summed E-state index contributed by atoms with van der Waals surface area (Å²) in [6, 6.07) is 7.73. The molecule has 1 aromatic rings. The molecular formula is C18H26O3. The van der Waals surface area contributed by atoms with Gasteiger partial charge < -0.3 is 9.47 Å². The molecular weight excluding hydrogens is 264 g/mol. The molecule has 0 N–H and O–H groups in total. The number of Topliss-reactive ketones (excluding diaryl/α,β-unsaturated/α-hetero) is 1. The molecule has 0 amide bonds. The average molecular weight is 290 g/mol. The third-order valence-electron chi connectivity index (χ3n) is 4.43. The molecule has 1 aromatic carbocycles. The minimum atomic E-state index is -0.590. The van der Waals surface area contributed by atoms with Crippen LogP contribution >= 0.6 is 0 Å². The van der Waals surface area contributed by atoms with Crippen LogP contribution in [0, 0.1) is 5.92 Å². The van der Waals surface area contributed by atoms with E-state index in [0.29, 0.717) is 18.9 Å². The lowest BCUT2D eigenvalue weighted by atomic mass is 9.75. The van der Waals surface area contributed by atoms with Gasteiger partial charge in [0.1, 0.15) is 11.4 Å². The van der Waals surface area contributed by atoms with E-state index in [0.717, 1.165) is 30.6 Å².